The van der Waals surface area contributed by atoms with Crippen LogP contribution in [0.25, 0.3) is 0 Å². The highest BCUT2D eigenvalue weighted by atomic mass is 16.5. The Morgan fingerprint density at radius 1 is 1.39 bits per heavy atom. The van der Waals surface area contributed by atoms with Crippen LogP contribution in [0.4, 0.5) is 11.8 Å². The number of ether oxygens (including phenoxy) is 1. The van der Waals surface area contributed by atoms with Crippen LogP contribution in [-0.2, 0) is 4.74 Å². The van der Waals surface area contributed by atoms with Crippen molar-refractivity contribution in [1.29, 1.82) is 0 Å². The molecule has 2 bridgehead atoms. The zero-order valence-corrected chi connectivity index (χ0v) is 10.8. The van der Waals surface area contributed by atoms with E-state index in [0.29, 0.717) is 12.2 Å². The summed E-state index contributed by atoms with van der Waals surface area (Å²) < 4.78 is 5.84. The summed E-state index contributed by atoms with van der Waals surface area (Å²) in [4.78, 5) is 11.1. The molecule has 2 aliphatic rings. The van der Waals surface area contributed by atoms with Crippen molar-refractivity contribution in [2.45, 2.75) is 38.4 Å². The maximum atomic E-state index is 5.84. The molecule has 0 aliphatic carbocycles. The molecule has 0 radical (unpaired) electrons. The Bertz CT molecular complexity index is 400. The van der Waals surface area contributed by atoms with Crippen LogP contribution in [0.1, 0.15) is 26.2 Å². The van der Waals surface area contributed by atoms with Gasteiger partial charge in [0.15, 0.2) is 0 Å². The monoisotopic (exact) mass is 248 g/mol. The van der Waals surface area contributed by atoms with Crippen LogP contribution in [-0.4, -0.2) is 41.8 Å². The first kappa shape index (κ1) is 11.7. The molecule has 1 N–H and O–H groups in total. The lowest BCUT2D eigenvalue weighted by molar-refractivity contribution is 0.0302. The molecule has 2 unspecified atom stereocenters. The number of nitrogens with zero attached hydrogens (tertiary/aromatic N) is 3. The van der Waals surface area contributed by atoms with E-state index in [1.165, 1.54) is 12.8 Å². The molecule has 3 heterocycles. The summed E-state index contributed by atoms with van der Waals surface area (Å²) in [6.07, 6.45) is 6.07. The molecule has 18 heavy (non-hydrogen) atoms. The number of morpholine rings is 1. The van der Waals surface area contributed by atoms with Crippen molar-refractivity contribution in [3.05, 3.63) is 12.3 Å². The zero-order valence-electron chi connectivity index (χ0n) is 10.8. The van der Waals surface area contributed by atoms with E-state index in [1.54, 1.807) is 0 Å². The summed E-state index contributed by atoms with van der Waals surface area (Å²) >= 11 is 0. The van der Waals surface area contributed by atoms with Crippen molar-refractivity contribution >= 4 is 11.8 Å². The van der Waals surface area contributed by atoms with Crippen LogP contribution in [0.2, 0.25) is 0 Å². The number of fused-ring (bicyclic) bond motifs is 2. The Labute approximate surface area is 108 Å². The SMILES string of the molecule is CCCNc1nccc(N2CC3CCC(C2)O3)n1. The molecule has 5 nitrogen and oxygen atoms in total. The van der Waals surface area contributed by atoms with E-state index in [4.69, 9.17) is 4.74 Å². The van der Waals surface area contributed by atoms with Crippen molar-refractivity contribution in [2.24, 2.45) is 0 Å². The van der Waals surface area contributed by atoms with E-state index in [1.807, 2.05) is 12.3 Å². The molecular weight excluding hydrogens is 228 g/mol. The minimum Gasteiger partial charge on any atom is -0.371 e. The molecular formula is C13H20N4O. The maximum absolute atomic E-state index is 5.84. The van der Waals surface area contributed by atoms with Crippen molar-refractivity contribution in [2.75, 3.05) is 29.9 Å². The Kier molecular flexibility index (Phi) is 3.32. The maximum Gasteiger partial charge on any atom is 0.224 e. The highest BCUT2D eigenvalue weighted by Gasteiger charge is 2.34. The van der Waals surface area contributed by atoms with Crippen LogP contribution < -0.4 is 10.2 Å². The fourth-order valence-corrected chi connectivity index (χ4v) is 2.65. The summed E-state index contributed by atoms with van der Waals surface area (Å²) in [6, 6.07) is 1.99. The van der Waals surface area contributed by atoms with Crippen molar-refractivity contribution in [3.8, 4) is 0 Å². The number of hydrogen-bond acceptors (Lipinski definition) is 5. The van der Waals surface area contributed by atoms with Crippen LogP contribution in [0.15, 0.2) is 12.3 Å². The molecule has 1 aromatic heterocycles. The summed E-state index contributed by atoms with van der Waals surface area (Å²) in [7, 11) is 0. The Morgan fingerprint density at radius 2 is 2.17 bits per heavy atom. The predicted octanol–water partition coefficient (Wildman–Crippen LogP) is 1.67. The standard InChI is InChI=1S/C13H20N4O/c1-2-6-14-13-15-7-5-12(16-13)17-8-10-3-4-11(9-17)18-10/h5,7,10-11H,2-4,6,8-9H2,1H3,(H,14,15,16). The van der Waals surface area contributed by atoms with E-state index >= 15 is 0 Å². The van der Waals surface area contributed by atoms with Gasteiger partial charge in [0.05, 0.1) is 12.2 Å². The number of nitrogens with one attached hydrogen (secondary N) is 1. The van der Waals surface area contributed by atoms with E-state index in [-0.39, 0.29) is 0 Å². The molecule has 0 spiro atoms. The molecule has 3 rings (SSSR count). The van der Waals surface area contributed by atoms with Crippen LogP contribution in [0.5, 0.6) is 0 Å². The highest BCUT2D eigenvalue weighted by Crippen LogP contribution is 2.28. The second-order valence-electron chi connectivity index (χ2n) is 5.03. The summed E-state index contributed by atoms with van der Waals surface area (Å²) in [6.45, 7) is 4.97. The normalized spacial score (nSPS) is 26.4. The van der Waals surface area contributed by atoms with Gasteiger partial charge in [-0.15, -0.1) is 0 Å². The van der Waals surface area contributed by atoms with Crippen molar-refractivity contribution in [3.63, 3.8) is 0 Å². The third kappa shape index (κ3) is 2.41. The Hall–Kier alpha value is -1.36. The van der Waals surface area contributed by atoms with Gasteiger partial charge in [-0.25, -0.2) is 4.98 Å². The second kappa shape index (κ2) is 5.10. The number of aromatic nitrogens is 2. The van der Waals surface area contributed by atoms with E-state index in [9.17, 15) is 0 Å². The van der Waals surface area contributed by atoms with Crippen LogP contribution in [0.3, 0.4) is 0 Å². The lowest BCUT2D eigenvalue weighted by Gasteiger charge is -2.32. The fourth-order valence-electron chi connectivity index (χ4n) is 2.65. The molecule has 5 heteroatoms. The first-order valence-electron chi connectivity index (χ1n) is 6.82. The van der Waals surface area contributed by atoms with Gasteiger partial charge in [0.2, 0.25) is 5.95 Å². The molecule has 2 saturated heterocycles. The van der Waals surface area contributed by atoms with Crippen LogP contribution >= 0.6 is 0 Å². The largest absolute Gasteiger partial charge is 0.371 e. The Morgan fingerprint density at radius 3 is 2.89 bits per heavy atom. The van der Waals surface area contributed by atoms with Gasteiger partial charge in [0.1, 0.15) is 5.82 Å². The molecule has 2 aliphatic heterocycles. The highest BCUT2D eigenvalue weighted by molar-refractivity contribution is 5.43. The first-order valence-corrected chi connectivity index (χ1v) is 6.82. The molecule has 1 aromatic rings. The van der Waals surface area contributed by atoms with E-state index < -0.39 is 0 Å². The average molecular weight is 248 g/mol. The van der Waals surface area contributed by atoms with Gasteiger partial charge in [-0.3, -0.25) is 0 Å². The van der Waals surface area contributed by atoms with Gasteiger partial charge in [-0.2, -0.15) is 4.98 Å². The number of anilines is 2. The molecule has 2 fully saturated rings. The number of rotatable bonds is 4. The van der Waals surface area contributed by atoms with Gasteiger partial charge >= 0.3 is 0 Å². The summed E-state index contributed by atoms with van der Waals surface area (Å²) in [5.41, 5.74) is 0. The third-order valence-corrected chi connectivity index (χ3v) is 3.54. The minimum atomic E-state index is 0.394. The second-order valence-corrected chi connectivity index (χ2v) is 5.03. The quantitative estimate of drug-likeness (QED) is 0.878. The van der Waals surface area contributed by atoms with Crippen molar-refractivity contribution < 1.29 is 4.74 Å². The molecule has 0 saturated carbocycles. The van der Waals surface area contributed by atoms with Gasteiger partial charge < -0.3 is 15.0 Å². The fraction of sp³-hybridized carbons (Fsp3) is 0.692. The lowest BCUT2D eigenvalue weighted by atomic mass is 10.2. The van der Waals surface area contributed by atoms with E-state index in [0.717, 1.165) is 37.8 Å². The Balaban J connectivity index is 1.71. The van der Waals surface area contributed by atoms with Gasteiger partial charge in [0, 0.05) is 25.8 Å². The van der Waals surface area contributed by atoms with E-state index in [2.05, 4.69) is 27.1 Å². The van der Waals surface area contributed by atoms with Gasteiger partial charge in [-0.05, 0) is 25.3 Å². The predicted molar refractivity (Wildman–Crippen MR) is 70.9 cm³/mol. The first-order chi connectivity index (χ1) is 8.85. The molecule has 98 valence electrons. The third-order valence-electron chi connectivity index (χ3n) is 3.54. The smallest absolute Gasteiger partial charge is 0.224 e. The average Bonchev–Trinajstić information content (AvgIpc) is 2.75. The van der Waals surface area contributed by atoms with Crippen molar-refractivity contribution in [1.82, 2.24) is 9.97 Å². The number of hydrogen-bond donors (Lipinski definition) is 1. The minimum absolute atomic E-state index is 0.394. The zero-order chi connectivity index (χ0) is 12.4. The molecule has 0 amide bonds. The van der Waals surface area contributed by atoms with Gasteiger partial charge in [-0.1, -0.05) is 6.92 Å². The summed E-state index contributed by atoms with van der Waals surface area (Å²) in [5, 5.41) is 3.23. The molecule has 2 atom stereocenters. The van der Waals surface area contributed by atoms with Gasteiger partial charge in [0.25, 0.3) is 0 Å². The molecule has 0 aromatic carbocycles. The van der Waals surface area contributed by atoms with Crippen LogP contribution in [0, 0.1) is 0 Å². The lowest BCUT2D eigenvalue weighted by Crippen LogP contribution is -2.43. The topological polar surface area (TPSA) is 50.3 Å². The summed E-state index contributed by atoms with van der Waals surface area (Å²) in [5.74, 6) is 1.75.